The highest BCUT2D eigenvalue weighted by atomic mass is 16.5. The van der Waals surface area contributed by atoms with Gasteiger partial charge in [0.05, 0.1) is 24.3 Å². The molecular weight excluding hydrogens is 254 g/mol. The predicted molar refractivity (Wildman–Crippen MR) is 77.5 cm³/mol. The number of carbonyl (C=O) groups excluding carboxylic acids is 1. The van der Waals surface area contributed by atoms with Gasteiger partial charge >= 0.3 is 0 Å². The van der Waals surface area contributed by atoms with E-state index in [1.807, 2.05) is 13.0 Å². The molecule has 0 saturated carbocycles. The van der Waals surface area contributed by atoms with E-state index in [1.165, 1.54) is 0 Å². The second kappa shape index (κ2) is 6.77. The van der Waals surface area contributed by atoms with Crippen molar-refractivity contribution < 1.29 is 9.53 Å². The second-order valence-electron chi connectivity index (χ2n) is 4.50. The number of aromatic nitrogens is 2. The molecule has 0 unspecified atom stereocenters. The number of para-hydroxylation sites is 1. The van der Waals surface area contributed by atoms with Crippen LogP contribution in [0.3, 0.4) is 0 Å². The normalized spacial score (nSPS) is 10.4. The molecule has 1 heterocycles. The van der Waals surface area contributed by atoms with Crippen LogP contribution in [-0.4, -0.2) is 35.6 Å². The fraction of sp³-hybridized carbons (Fsp3) is 0.267. The van der Waals surface area contributed by atoms with Crippen molar-refractivity contribution >= 4 is 16.9 Å². The van der Waals surface area contributed by atoms with Crippen LogP contribution in [0.25, 0.3) is 11.0 Å². The van der Waals surface area contributed by atoms with E-state index in [0.29, 0.717) is 36.4 Å². The lowest BCUT2D eigenvalue weighted by Gasteiger charge is -2.07. The van der Waals surface area contributed by atoms with Crippen LogP contribution < -0.4 is 5.32 Å². The zero-order valence-corrected chi connectivity index (χ0v) is 11.4. The van der Waals surface area contributed by atoms with Crippen LogP contribution in [0.2, 0.25) is 0 Å². The van der Waals surface area contributed by atoms with Gasteiger partial charge in [0.2, 0.25) is 0 Å². The van der Waals surface area contributed by atoms with Gasteiger partial charge in [0, 0.05) is 18.9 Å². The van der Waals surface area contributed by atoms with Gasteiger partial charge in [-0.2, -0.15) is 0 Å². The average molecular weight is 271 g/mol. The van der Waals surface area contributed by atoms with E-state index in [4.69, 9.17) is 4.74 Å². The first-order chi connectivity index (χ1) is 9.68. The van der Waals surface area contributed by atoms with Gasteiger partial charge in [-0.3, -0.25) is 14.8 Å². The SMILES string of the molecule is C=C(C)COCCNC(=O)c1cccc2nccnc12. The van der Waals surface area contributed by atoms with E-state index in [1.54, 1.807) is 24.5 Å². The maximum atomic E-state index is 12.1. The van der Waals surface area contributed by atoms with Crippen molar-refractivity contribution in [3.05, 3.63) is 48.3 Å². The van der Waals surface area contributed by atoms with Crippen molar-refractivity contribution in [2.24, 2.45) is 0 Å². The summed E-state index contributed by atoms with van der Waals surface area (Å²) >= 11 is 0. The number of nitrogens with one attached hydrogen (secondary N) is 1. The molecule has 5 heteroatoms. The summed E-state index contributed by atoms with van der Waals surface area (Å²) in [6, 6.07) is 5.36. The molecule has 1 amide bonds. The summed E-state index contributed by atoms with van der Waals surface area (Å²) in [6.45, 7) is 7.05. The largest absolute Gasteiger partial charge is 0.375 e. The predicted octanol–water partition coefficient (Wildman–Crippen LogP) is 1.95. The fourth-order valence-electron chi connectivity index (χ4n) is 1.75. The number of ether oxygens (including phenoxy) is 1. The van der Waals surface area contributed by atoms with E-state index in [9.17, 15) is 4.79 Å². The third kappa shape index (κ3) is 3.61. The molecule has 0 aliphatic heterocycles. The summed E-state index contributed by atoms with van der Waals surface area (Å²) < 4.78 is 5.33. The minimum atomic E-state index is -0.171. The molecule has 0 saturated heterocycles. The highest BCUT2D eigenvalue weighted by molar-refractivity contribution is 6.04. The molecule has 0 atom stereocenters. The number of carbonyl (C=O) groups is 1. The van der Waals surface area contributed by atoms with Crippen LogP contribution in [0, 0.1) is 0 Å². The van der Waals surface area contributed by atoms with Gasteiger partial charge in [-0.1, -0.05) is 18.2 Å². The molecule has 0 fully saturated rings. The van der Waals surface area contributed by atoms with Crippen molar-refractivity contribution in [1.29, 1.82) is 0 Å². The minimum Gasteiger partial charge on any atom is -0.375 e. The van der Waals surface area contributed by atoms with Crippen LogP contribution in [0.1, 0.15) is 17.3 Å². The number of hydrogen-bond donors (Lipinski definition) is 1. The lowest BCUT2D eigenvalue weighted by atomic mass is 10.1. The fourth-order valence-corrected chi connectivity index (χ4v) is 1.75. The van der Waals surface area contributed by atoms with Gasteiger partial charge in [0.1, 0.15) is 5.52 Å². The molecule has 2 aromatic rings. The average Bonchev–Trinajstić information content (AvgIpc) is 2.45. The minimum absolute atomic E-state index is 0.171. The Morgan fingerprint density at radius 2 is 2.15 bits per heavy atom. The Labute approximate surface area is 117 Å². The summed E-state index contributed by atoms with van der Waals surface area (Å²) in [6.07, 6.45) is 3.19. The number of nitrogens with zero attached hydrogens (tertiary/aromatic N) is 2. The van der Waals surface area contributed by atoms with Gasteiger partial charge in [0.25, 0.3) is 5.91 Å². The van der Waals surface area contributed by atoms with Gasteiger partial charge in [0.15, 0.2) is 0 Å². The van der Waals surface area contributed by atoms with Crippen molar-refractivity contribution in [1.82, 2.24) is 15.3 Å². The van der Waals surface area contributed by atoms with Gasteiger partial charge in [-0.15, -0.1) is 0 Å². The quantitative estimate of drug-likeness (QED) is 0.644. The Morgan fingerprint density at radius 1 is 1.35 bits per heavy atom. The Bertz CT molecular complexity index is 620. The monoisotopic (exact) mass is 271 g/mol. The molecule has 5 nitrogen and oxygen atoms in total. The maximum absolute atomic E-state index is 12.1. The lowest BCUT2D eigenvalue weighted by molar-refractivity contribution is 0.0928. The molecule has 1 aromatic heterocycles. The third-order valence-electron chi connectivity index (χ3n) is 2.62. The van der Waals surface area contributed by atoms with Crippen LogP contribution in [0.5, 0.6) is 0 Å². The van der Waals surface area contributed by atoms with Crippen molar-refractivity contribution in [3.63, 3.8) is 0 Å². The number of hydrogen-bond acceptors (Lipinski definition) is 4. The summed E-state index contributed by atoms with van der Waals surface area (Å²) in [4.78, 5) is 20.5. The molecule has 104 valence electrons. The molecule has 20 heavy (non-hydrogen) atoms. The van der Waals surface area contributed by atoms with Crippen LogP contribution in [-0.2, 0) is 4.74 Å². The molecule has 1 N–H and O–H groups in total. The number of rotatable bonds is 6. The summed E-state index contributed by atoms with van der Waals surface area (Å²) in [5.74, 6) is -0.171. The first kappa shape index (κ1) is 14.1. The number of benzene rings is 1. The Kier molecular flexibility index (Phi) is 4.79. The summed E-state index contributed by atoms with van der Waals surface area (Å²) in [7, 11) is 0. The molecule has 0 spiro atoms. The molecule has 2 rings (SSSR count). The van der Waals surface area contributed by atoms with E-state index in [2.05, 4.69) is 21.9 Å². The first-order valence-corrected chi connectivity index (χ1v) is 6.38. The van der Waals surface area contributed by atoms with Crippen molar-refractivity contribution in [3.8, 4) is 0 Å². The topological polar surface area (TPSA) is 64.1 Å². The van der Waals surface area contributed by atoms with Crippen LogP contribution in [0.4, 0.5) is 0 Å². The van der Waals surface area contributed by atoms with Crippen LogP contribution >= 0.6 is 0 Å². The molecule has 0 aliphatic carbocycles. The number of amides is 1. The van der Waals surface area contributed by atoms with E-state index in [0.717, 1.165) is 5.57 Å². The molecule has 0 aliphatic rings. The van der Waals surface area contributed by atoms with Crippen molar-refractivity contribution in [2.45, 2.75) is 6.92 Å². The van der Waals surface area contributed by atoms with E-state index >= 15 is 0 Å². The first-order valence-electron chi connectivity index (χ1n) is 6.38. The molecule has 0 radical (unpaired) electrons. The Balaban J connectivity index is 1.96. The van der Waals surface area contributed by atoms with Gasteiger partial charge in [-0.25, -0.2) is 0 Å². The van der Waals surface area contributed by atoms with Gasteiger partial charge < -0.3 is 10.1 Å². The van der Waals surface area contributed by atoms with Crippen molar-refractivity contribution in [2.75, 3.05) is 19.8 Å². The summed E-state index contributed by atoms with van der Waals surface area (Å²) in [5, 5.41) is 2.80. The van der Waals surface area contributed by atoms with E-state index in [-0.39, 0.29) is 5.91 Å². The zero-order valence-electron chi connectivity index (χ0n) is 11.4. The summed E-state index contributed by atoms with van der Waals surface area (Å²) in [5.41, 5.74) is 2.80. The number of fused-ring (bicyclic) bond motifs is 1. The van der Waals surface area contributed by atoms with Gasteiger partial charge in [-0.05, 0) is 19.1 Å². The maximum Gasteiger partial charge on any atom is 0.253 e. The standard InChI is InChI=1S/C15H17N3O2/c1-11(2)10-20-9-8-18-15(19)12-4-3-5-13-14(12)17-7-6-16-13/h3-7H,1,8-10H2,2H3,(H,18,19). The Morgan fingerprint density at radius 3 is 2.95 bits per heavy atom. The van der Waals surface area contributed by atoms with Crippen LogP contribution in [0.15, 0.2) is 42.7 Å². The molecular formula is C15H17N3O2. The lowest BCUT2D eigenvalue weighted by Crippen LogP contribution is -2.27. The zero-order chi connectivity index (χ0) is 14.4. The second-order valence-corrected chi connectivity index (χ2v) is 4.50. The Hall–Kier alpha value is -2.27. The third-order valence-corrected chi connectivity index (χ3v) is 2.62. The smallest absolute Gasteiger partial charge is 0.253 e. The molecule has 1 aromatic carbocycles. The van der Waals surface area contributed by atoms with E-state index < -0.39 is 0 Å². The molecule has 0 bridgehead atoms. The highest BCUT2D eigenvalue weighted by Crippen LogP contribution is 2.13. The highest BCUT2D eigenvalue weighted by Gasteiger charge is 2.10.